The van der Waals surface area contributed by atoms with E-state index in [0.717, 1.165) is 12.6 Å². The van der Waals surface area contributed by atoms with Crippen molar-refractivity contribution in [2.45, 2.75) is 50.7 Å². The molecule has 2 unspecified atom stereocenters. The summed E-state index contributed by atoms with van der Waals surface area (Å²) >= 11 is 0. The summed E-state index contributed by atoms with van der Waals surface area (Å²) < 4.78 is 5.68. The second kappa shape index (κ2) is 4.43. The summed E-state index contributed by atoms with van der Waals surface area (Å²) in [5.74, 6) is 0. The van der Waals surface area contributed by atoms with E-state index < -0.39 is 0 Å². The average molecular weight is 183 g/mol. The molecule has 2 atom stereocenters. The van der Waals surface area contributed by atoms with E-state index in [1.807, 2.05) is 0 Å². The van der Waals surface area contributed by atoms with E-state index in [1.165, 1.54) is 45.1 Å². The highest BCUT2D eigenvalue weighted by atomic mass is 16.5. The Morgan fingerprint density at radius 2 is 2.15 bits per heavy atom. The van der Waals surface area contributed by atoms with Crippen LogP contribution in [0.2, 0.25) is 0 Å². The van der Waals surface area contributed by atoms with Crippen molar-refractivity contribution < 1.29 is 4.74 Å². The molecule has 2 aliphatic heterocycles. The first kappa shape index (κ1) is 9.47. The lowest BCUT2D eigenvalue weighted by Crippen LogP contribution is -2.38. The second-order valence-corrected chi connectivity index (χ2v) is 4.50. The molecule has 76 valence electrons. The summed E-state index contributed by atoms with van der Waals surface area (Å²) in [4.78, 5) is 2.52. The summed E-state index contributed by atoms with van der Waals surface area (Å²) in [5, 5.41) is 0. The fourth-order valence-corrected chi connectivity index (χ4v) is 2.58. The molecule has 0 aromatic rings. The van der Waals surface area contributed by atoms with E-state index in [2.05, 4.69) is 11.9 Å². The van der Waals surface area contributed by atoms with Gasteiger partial charge in [-0.15, -0.1) is 0 Å². The quantitative estimate of drug-likeness (QED) is 0.649. The topological polar surface area (TPSA) is 12.5 Å². The summed E-state index contributed by atoms with van der Waals surface area (Å²) in [5.41, 5.74) is 0. The Labute approximate surface area is 81.3 Å². The molecule has 0 bridgehead atoms. The number of piperidine rings is 1. The Kier molecular flexibility index (Phi) is 3.23. The van der Waals surface area contributed by atoms with Gasteiger partial charge in [0.1, 0.15) is 0 Å². The van der Waals surface area contributed by atoms with Crippen molar-refractivity contribution in [1.82, 2.24) is 4.90 Å². The smallest absolute Gasteiger partial charge is 0.0590 e. The molecule has 2 aliphatic rings. The molecule has 2 saturated heterocycles. The average Bonchev–Trinajstić information content (AvgIpc) is 2.61. The molecule has 0 aliphatic carbocycles. The zero-order valence-electron chi connectivity index (χ0n) is 8.67. The maximum absolute atomic E-state index is 5.68. The minimum Gasteiger partial charge on any atom is -0.378 e. The highest BCUT2D eigenvalue weighted by Gasteiger charge is 2.24. The lowest BCUT2D eigenvalue weighted by atomic mass is 9.96. The van der Waals surface area contributed by atoms with Gasteiger partial charge in [-0.2, -0.15) is 0 Å². The predicted molar refractivity (Wildman–Crippen MR) is 53.9 cm³/mol. The molecule has 0 amide bonds. The number of hydrogen-bond donors (Lipinski definition) is 0. The van der Waals surface area contributed by atoms with Crippen LogP contribution in [-0.4, -0.2) is 37.2 Å². The van der Waals surface area contributed by atoms with Gasteiger partial charge in [0, 0.05) is 12.6 Å². The fraction of sp³-hybridized carbons (Fsp3) is 1.00. The van der Waals surface area contributed by atoms with Gasteiger partial charge in [-0.05, 0) is 45.7 Å². The Bertz CT molecular complexity index is 154. The molecule has 0 aromatic carbocycles. The number of hydrogen-bond acceptors (Lipinski definition) is 2. The zero-order chi connectivity index (χ0) is 9.10. The summed E-state index contributed by atoms with van der Waals surface area (Å²) in [7, 11) is 2.26. The first-order chi connectivity index (χ1) is 6.36. The summed E-state index contributed by atoms with van der Waals surface area (Å²) in [6.07, 6.45) is 8.61. The van der Waals surface area contributed by atoms with Crippen LogP contribution in [0.5, 0.6) is 0 Å². The maximum atomic E-state index is 5.68. The number of rotatable bonds is 2. The van der Waals surface area contributed by atoms with Gasteiger partial charge in [0.15, 0.2) is 0 Å². The molecule has 0 N–H and O–H groups in total. The highest BCUT2D eigenvalue weighted by Crippen LogP contribution is 2.24. The minimum atomic E-state index is 0.575. The molecule has 13 heavy (non-hydrogen) atoms. The molecule has 0 radical (unpaired) electrons. The van der Waals surface area contributed by atoms with E-state index >= 15 is 0 Å². The van der Waals surface area contributed by atoms with E-state index in [4.69, 9.17) is 4.74 Å². The molecule has 2 heteroatoms. The van der Waals surface area contributed by atoms with Crippen LogP contribution in [0, 0.1) is 0 Å². The minimum absolute atomic E-state index is 0.575. The van der Waals surface area contributed by atoms with Crippen molar-refractivity contribution in [2.75, 3.05) is 20.2 Å². The van der Waals surface area contributed by atoms with Crippen LogP contribution >= 0.6 is 0 Å². The highest BCUT2D eigenvalue weighted by molar-refractivity contribution is 4.79. The molecule has 0 saturated carbocycles. The van der Waals surface area contributed by atoms with Crippen LogP contribution in [0.4, 0.5) is 0 Å². The summed E-state index contributed by atoms with van der Waals surface area (Å²) in [6.45, 7) is 2.29. The van der Waals surface area contributed by atoms with E-state index in [-0.39, 0.29) is 0 Å². The molecule has 2 rings (SSSR count). The second-order valence-electron chi connectivity index (χ2n) is 4.50. The van der Waals surface area contributed by atoms with Crippen LogP contribution < -0.4 is 0 Å². The zero-order valence-corrected chi connectivity index (χ0v) is 8.67. The van der Waals surface area contributed by atoms with Crippen molar-refractivity contribution in [3.63, 3.8) is 0 Å². The number of likely N-dealkylation sites (tertiary alicyclic amines) is 1. The first-order valence-electron chi connectivity index (χ1n) is 5.68. The van der Waals surface area contributed by atoms with Crippen molar-refractivity contribution in [3.05, 3.63) is 0 Å². The molecular formula is C11H21NO. The lowest BCUT2D eigenvalue weighted by molar-refractivity contribution is 0.0643. The van der Waals surface area contributed by atoms with Gasteiger partial charge in [0.05, 0.1) is 6.10 Å². The standard InChI is InChI=1S/C11H21NO/c1-12-7-3-2-5-10(12)9-11-6-4-8-13-11/h10-11H,2-9H2,1H3. The fourth-order valence-electron chi connectivity index (χ4n) is 2.58. The van der Waals surface area contributed by atoms with E-state index in [0.29, 0.717) is 6.10 Å². The number of ether oxygens (including phenoxy) is 1. The number of nitrogens with zero attached hydrogens (tertiary/aromatic N) is 1. The maximum Gasteiger partial charge on any atom is 0.0590 e. The van der Waals surface area contributed by atoms with Crippen LogP contribution in [-0.2, 0) is 4.74 Å². The van der Waals surface area contributed by atoms with Crippen LogP contribution in [0.1, 0.15) is 38.5 Å². The Balaban J connectivity index is 1.78. The van der Waals surface area contributed by atoms with Crippen LogP contribution in [0.15, 0.2) is 0 Å². The van der Waals surface area contributed by atoms with Gasteiger partial charge >= 0.3 is 0 Å². The monoisotopic (exact) mass is 183 g/mol. The van der Waals surface area contributed by atoms with Crippen molar-refractivity contribution in [3.8, 4) is 0 Å². The Morgan fingerprint density at radius 1 is 1.23 bits per heavy atom. The van der Waals surface area contributed by atoms with E-state index in [9.17, 15) is 0 Å². The molecule has 0 aromatic heterocycles. The summed E-state index contributed by atoms with van der Waals surface area (Å²) in [6, 6.07) is 0.803. The SMILES string of the molecule is CN1CCCCC1CC1CCCO1. The van der Waals surface area contributed by atoms with Gasteiger partial charge in [0.25, 0.3) is 0 Å². The van der Waals surface area contributed by atoms with Crippen LogP contribution in [0.25, 0.3) is 0 Å². The van der Waals surface area contributed by atoms with Crippen LogP contribution in [0.3, 0.4) is 0 Å². The molecule has 0 spiro atoms. The van der Waals surface area contributed by atoms with Gasteiger partial charge in [-0.1, -0.05) is 6.42 Å². The molecule has 2 heterocycles. The van der Waals surface area contributed by atoms with Gasteiger partial charge in [0.2, 0.25) is 0 Å². The Hall–Kier alpha value is -0.0800. The lowest BCUT2D eigenvalue weighted by Gasteiger charge is -2.33. The van der Waals surface area contributed by atoms with E-state index in [1.54, 1.807) is 0 Å². The largest absolute Gasteiger partial charge is 0.378 e. The van der Waals surface area contributed by atoms with Crippen molar-refractivity contribution in [1.29, 1.82) is 0 Å². The first-order valence-corrected chi connectivity index (χ1v) is 5.68. The molecular weight excluding hydrogens is 162 g/mol. The molecule has 2 nitrogen and oxygen atoms in total. The van der Waals surface area contributed by atoms with Gasteiger partial charge in [-0.25, -0.2) is 0 Å². The normalized spacial score (nSPS) is 36.7. The third-order valence-electron chi connectivity index (χ3n) is 3.48. The predicted octanol–water partition coefficient (Wildman–Crippen LogP) is 2.04. The van der Waals surface area contributed by atoms with Crippen molar-refractivity contribution >= 4 is 0 Å². The van der Waals surface area contributed by atoms with Gasteiger partial charge < -0.3 is 9.64 Å². The third-order valence-corrected chi connectivity index (χ3v) is 3.48. The van der Waals surface area contributed by atoms with Crippen molar-refractivity contribution in [2.24, 2.45) is 0 Å². The third kappa shape index (κ3) is 2.44. The Morgan fingerprint density at radius 3 is 2.85 bits per heavy atom. The van der Waals surface area contributed by atoms with Gasteiger partial charge in [-0.3, -0.25) is 0 Å². The molecule has 2 fully saturated rings.